The van der Waals surface area contributed by atoms with Gasteiger partial charge in [-0.15, -0.1) is 0 Å². The van der Waals surface area contributed by atoms with Crippen LogP contribution >= 0.6 is 0 Å². The third-order valence-electron chi connectivity index (χ3n) is 4.91. The molecule has 0 aromatic heterocycles. The molecule has 186 valence electrons. The molecule has 7 nitrogen and oxygen atoms in total. The molecule has 33 heavy (non-hydrogen) atoms. The highest BCUT2D eigenvalue weighted by Gasteiger charge is 2.36. The van der Waals surface area contributed by atoms with Crippen molar-refractivity contribution in [2.45, 2.75) is 70.4 Å². The van der Waals surface area contributed by atoms with Crippen molar-refractivity contribution in [3.05, 3.63) is 29.6 Å². The van der Waals surface area contributed by atoms with Gasteiger partial charge in [-0.2, -0.15) is 13.2 Å². The molecule has 1 aromatic rings. The minimum absolute atomic E-state index is 0.0246. The van der Waals surface area contributed by atoms with Crippen LogP contribution in [-0.2, 0) is 25.4 Å². The summed E-state index contributed by atoms with van der Waals surface area (Å²) in [5.41, 5.74) is 5.72. The minimum atomic E-state index is -4.47. The lowest BCUT2D eigenvalue weighted by Gasteiger charge is -2.39. The molecule has 2 N–H and O–H groups in total. The number of nitrogens with zero attached hydrogens (tertiary/aromatic N) is 1. The van der Waals surface area contributed by atoms with Crippen molar-refractivity contribution in [2.75, 3.05) is 25.5 Å². The average molecular weight is 478 g/mol. The number of benzene rings is 1. The number of anilines is 1. The van der Waals surface area contributed by atoms with Gasteiger partial charge in [0.15, 0.2) is 0 Å². The molecule has 2 atom stereocenters. The van der Waals surface area contributed by atoms with E-state index in [2.05, 4.69) is 0 Å². The summed E-state index contributed by atoms with van der Waals surface area (Å²) in [5, 5.41) is 0. The van der Waals surface area contributed by atoms with Gasteiger partial charge in [0.25, 0.3) is 0 Å². The van der Waals surface area contributed by atoms with Crippen LogP contribution in [0, 0.1) is 5.82 Å². The van der Waals surface area contributed by atoms with Crippen LogP contribution in [0.2, 0.25) is 0 Å². The topological polar surface area (TPSA) is 91.1 Å². The van der Waals surface area contributed by atoms with Crippen LogP contribution in [0.4, 0.5) is 28.0 Å². The van der Waals surface area contributed by atoms with Crippen LogP contribution in [0.3, 0.4) is 0 Å². The lowest BCUT2D eigenvalue weighted by Crippen LogP contribution is -2.55. The third kappa shape index (κ3) is 9.07. The zero-order valence-electron chi connectivity index (χ0n) is 18.9. The van der Waals surface area contributed by atoms with E-state index >= 15 is 0 Å². The molecular formula is C22H30F4N2O5. The van der Waals surface area contributed by atoms with Crippen molar-refractivity contribution in [1.29, 1.82) is 0 Å². The summed E-state index contributed by atoms with van der Waals surface area (Å²) < 4.78 is 67.1. The number of amides is 1. The standard InChI is InChI=1S/C22H30F4N2O5/c1-21(2,3)33-20(30)28-11-15(7-8-16-17(23)5-4-6-18(16)27)31-12-14(28)13-32-19(29)9-10-22(24,25)26/h4-6,14-15H,7-13,27H2,1-3H3/t14-,15+/m0/s1. The van der Waals surface area contributed by atoms with E-state index in [1.807, 2.05) is 0 Å². The Labute approximate surface area is 190 Å². The molecule has 0 saturated carbocycles. The zero-order chi connectivity index (χ0) is 24.8. The van der Waals surface area contributed by atoms with Crippen LogP contribution in [-0.4, -0.2) is 60.6 Å². The Kier molecular flexibility index (Phi) is 8.93. The maximum Gasteiger partial charge on any atom is 0.410 e. The molecule has 1 saturated heterocycles. The predicted octanol–water partition coefficient (Wildman–Crippen LogP) is 4.23. The van der Waals surface area contributed by atoms with Crippen molar-refractivity contribution >= 4 is 17.7 Å². The summed E-state index contributed by atoms with van der Waals surface area (Å²) in [6.45, 7) is 4.79. The van der Waals surface area contributed by atoms with Gasteiger partial charge in [0.05, 0.1) is 38.1 Å². The first-order valence-corrected chi connectivity index (χ1v) is 10.6. The fourth-order valence-electron chi connectivity index (χ4n) is 3.26. The highest BCUT2D eigenvalue weighted by Crippen LogP contribution is 2.24. The largest absolute Gasteiger partial charge is 0.463 e. The van der Waals surface area contributed by atoms with E-state index in [0.717, 1.165) is 0 Å². The Morgan fingerprint density at radius 3 is 2.55 bits per heavy atom. The summed E-state index contributed by atoms with van der Waals surface area (Å²) in [6.07, 6.45) is -7.05. The molecule has 0 unspecified atom stereocenters. The molecule has 0 spiro atoms. The number of morpholine rings is 1. The molecule has 1 fully saturated rings. The molecule has 2 rings (SSSR count). The molecule has 0 radical (unpaired) electrons. The first-order chi connectivity index (χ1) is 15.2. The number of alkyl halides is 3. The fourth-order valence-corrected chi connectivity index (χ4v) is 3.26. The van der Waals surface area contributed by atoms with Gasteiger partial charge in [-0.3, -0.25) is 9.69 Å². The molecule has 1 aromatic carbocycles. The number of halogens is 4. The Bertz CT molecular complexity index is 806. The maximum atomic E-state index is 14.0. The number of hydrogen-bond donors (Lipinski definition) is 1. The lowest BCUT2D eigenvalue weighted by atomic mass is 10.0. The Balaban J connectivity index is 2.00. The van der Waals surface area contributed by atoms with Crippen LogP contribution < -0.4 is 5.73 Å². The maximum absolute atomic E-state index is 14.0. The van der Waals surface area contributed by atoms with Crippen LogP contribution in [0.1, 0.15) is 45.6 Å². The first kappa shape index (κ1) is 26.7. The highest BCUT2D eigenvalue weighted by molar-refractivity contribution is 5.70. The first-order valence-electron chi connectivity index (χ1n) is 10.6. The summed E-state index contributed by atoms with van der Waals surface area (Å²) in [6, 6.07) is 3.68. The van der Waals surface area contributed by atoms with Gasteiger partial charge < -0.3 is 19.9 Å². The summed E-state index contributed by atoms with van der Waals surface area (Å²) in [5.74, 6) is -1.45. The van der Waals surface area contributed by atoms with Gasteiger partial charge in [-0.1, -0.05) is 6.07 Å². The van der Waals surface area contributed by atoms with Crippen LogP contribution in [0.15, 0.2) is 18.2 Å². The summed E-state index contributed by atoms with van der Waals surface area (Å²) in [7, 11) is 0. The molecule has 1 aliphatic heterocycles. The highest BCUT2D eigenvalue weighted by atomic mass is 19.4. The SMILES string of the molecule is CC(C)(C)OC(=O)N1C[C@@H](CCc2c(N)cccc2F)OC[C@H]1COC(=O)CCC(F)(F)F. The van der Waals surface area contributed by atoms with Gasteiger partial charge >= 0.3 is 18.2 Å². The van der Waals surface area contributed by atoms with E-state index in [0.29, 0.717) is 17.7 Å². The van der Waals surface area contributed by atoms with Crippen LogP contribution in [0.25, 0.3) is 0 Å². The number of ether oxygens (including phenoxy) is 3. The van der Waals surface area contributed by atoms with Gasteiger partial charge in [0.1, 0.15) is 18.0 Å². The fraction of sp³-hybridized carbons (Fsp3) is 0.636. The van der Waals surface area contributed by atoms with Gasteiger partial charge in [0, 0.05) is 11.3 Å². The summed E-state index contributed by atoms with van der Waals surface area (Å²) >= 11 is 0. The zero-order valence-corrected chi connectivity index (χ0v) is 18.9. The molecule has 0 aliphatic carbocycles. The van der Waals surface area contributed by atoms with E-state index in [-0.39, 0.29) is 26.2 Å². The molecule has 1 aliphatic rings. The molecule has 1 amide bonds. The number of nitrogen functional groups attached to an aromatic ring is 1. The number of hydrogen-bond acceptors (Lipinski definition) is 6. The van der Waals surface area contributed by atoms with E-state index in [1.54, 1.807) is 26.8 Å². The monoisotopic (exact) mass is 478 g/mol. The van der Waals surface area contributed by atoms with E-state index in [1.165, 1.54) is 17.0 Å². The van der Waals surface area contributed by atoms with Gasteiger partial charge in [0.2, 0.25) is 0 Å². The number of nitrogens with two attached hydrogens (primary N) is 1. The quantitative estimate of drug-likeness (QED) is 0.358. The molecule has 0 bridgehead atoms. The molecule has 1 heterocycles. The third-order valence-corrected chi connectivity index (χ3v) is 4.91. The number of esters is 1. The van der Waals surface area contributed by atoms with Crippen molar-refractivity contribution in [1.82, 2.24) is 4.90 Å². The molecular weight excluding hydrogens is 448 g/mol. The smallest absolute Gasteiger partial charge is 0.410 e. The molecule has 11 heteroatoms. The van der Waals surface area contributed by atoms with Crippen molar-refractivity contribution in [2.24, 2.45) is 0 Å². The van der Waals surface area contributed by atoms with Crippen molar-refractivity contribution in [3.8, 4) is 0 Å². The van der Waals surface area contributed by atoms with E-state index < -0.39 is 54.6 Å². The Morgan fingerprint density at radius 1 is 1.24 bits per heavy atom. The predicted molar refractivity (Wildman–Crippen MR) is 112 cm³/mol. The second-order valence-electron chi connectivity index (χ2n) is 8.89. The number of carbonyl (C=O) groups is 2. The normalized spacial score (nSPS) is 19.3. The second kappa shape index (κ2) is 11.0. The summed E-state index contributed by atoms with van der Waals surface area (Å²) in [4.78, 5) is 25.7. The minimum Gasteiger partial charge on any atom is -0.463 e. The average Bonchev–Trinajstić information content (AvgIpc) is 2.69. The van der Waals surface area contributed by atoms with Crippen molar-refractivity contribution < 1.29 is 41.4 Å². The van der Waals surface area contributed by atoms with E-state index in [4.69, 9.17) is 19.9 Å². The second-order valence-corrected chi connectivity index (χ2v) is 8.89. The number of carbonyl (C=O) groups excluding carboxylic acids is 2. The van der Waals surface area contributed by atoms with E-state index in [9.17, 15) is 27.2 Å². The Hall–Kier alpha value is -2.56. The Morgan fingerprint density at radius 2 is 1.94 bits per heavy atom. The van der Waals surface area contributed by atoms with Gasteiger partial charge in [-0.05, 0) is 45.7 Å². The van der Waals surface area contributed by atoms with Crippen molar-refractivity contribution in [3.63, 3.8) is 0 Å². The lowest BCUT2D eigenvalue weighted by molar-refractivity contribution is -0.160. The van der Waals surface area contributed by atoms with Gasteiger partial charge in [-0.25, -0.2) is 9.18 Å². The van der Waals surface area contributed by atoms with Crippen LogP contribution in [0.5, 0.6) is 0 Å². The number of rotatable bonds is 7.